The zero-order chi connectivity index (χ0) is 26.7. The number of fused-ring (bicyclic) bond motifs is 1. The van der Waals surface area contributed by atoms with Crippen LogP contribution in [-0.2, 0) is 23.0 Å². The van der Waals surface area contributed by atoms with Gasteiger partial charge in [0.1, 0.15) is 5.82 Å². The third-order valence-electron chi connectivity index (χ3n) is 6.09. The summed E-state index contributed by atoms with van der Waals surface area (Å²) in [6.07, 6.45) is 3.07. The van der Waals surface area contributed by atoms with Crippen molar-refractivity contribution in [2.75, 3.05) is 0 Å². The topological polar surface area (TPSA) is 111 Å². The summed E-state index contributed by atoms with van der Waals surface area (Å²) >= 11 is 1.21. The van der Waals surface area contributed by atoms with E-state index in [2.05, 4.69) is 14.1 Å². The molecule has 0 fully saturated rings. The number of aromatic nitrogens is 3. The maximum absolute atomic E-state index is 13.2. The Labute approximate surface area is 223 Å². The fourth-order valence-corrected chi connectivity index (χ4v) is 6.06. The van der Waals surface area contributed by atoms with E-state index >= 15 is 0 Å². The molecule has 1 N–H and O–H groups in total. The van der Waals surface area contributed by atoms with Crippen LogP contribution in [0.2, 0.25) is 0 Å². The normalized spacial score (nSPS) is 11.5. The Morgan fingerprint density at radius 2 is 1.68 bits per heavy atom. The number of nitrogens with zero attached hydrogens (tertiary/aromatic N) is 3. The third kappa shape index (κ3) is 5.13. The molecule has 0 saturated heterocycles. The first-order chi connectivity index (χ1) is 18.4. The minimum absolute atomic E-state index is 0.00177. The van der Waals surface area contributed by atoms with Gasteiger partial charge in [-0.05, 0) is 47.3 Å². The second-order valence-corrected chi connectivity index (χ2v) is 11.1. The summed E-state index contributed by atoms with van der Waals surface area (Å²) < 4.78 is 34.3. The largest absolute Gasteiger partial charge is 0.292 e. The zero-order valence-electron chi connectivity index (χ0n) is 20.5. The highest BCUT2D eigenvalue weighted by molar-refractivity contribution is 7.90. The lowest BCUT2D eigenvalue weighted by molar-refractivity contribution is 0.0981. The van der Waals surface area contributed by atoms with Gasteiger partial charge in [-0.2, -0.15) is 4.37 Å². The van der Waals surface area contributed by atoms with Gasteiger partial charge in [-0.25, -0.2) is 18.1 Å². The summed E-state index contributed by atoms with van der Waals surface area (Å²) in [5, 5.41) is 0.503. The molecule has 3 aromatic carbocycles. The first-order valence-electron chi connectivity index (χ1n) is 12.0. The third-order valence-corrected chi connectivity index (χ3v) is 8.17. The van der Waals surface area contributed by atoms with Crippen molar-refractivity contribution < 1.29 is 13.2 Å². The van der Waals surface area contributed by atoms with Crippen molar-refractivity contribution in [3.63, 3.8) is 0 Å². The lowest BCUT2D eigenvalue weighted by atomic mass is 10.0. The molecule has 0 atom stereocenters. The van der Waals surface area contributed by atoms with Gasteiger partial charge < -0.3 is 0 Å². The van der Waals surface area contributed by atoms with E-state index in [-0.39, 0.29) is 16.0 Å². The molecular weight excluding hydrogens is 520 g/mol. The molecule has 5 aromatic rings. The summed E-state index contributed by atoms with van der Waals surface area (Å²) in [6.45, 7) is 2.37. The molecule has 8 nitrogen and oxygen atoms in total. The summed E-state index contributed by atoms with van der Waals surface area (Å²) in [7, 11) is -4.14. The van der Waals surface area contributed by atoms with Crippen molar-refractivity contribution in [2.24, 2.45) is 0 Å². The molecular formula is C28H24N4O4S2. The van der Waals surface area contributed by atoms with E-state index in [1.807, 2.05) is 31.2 Å². The van der Waals surface area contributed by atoms with Gasteiger partial charge in [0.15, 0.2) is 4.83 Å². The number of carbonyl (C=O) groups is 1. The van der Waals surface area contributed by atoms with E-state index in [0.717, 1.165) is 12.0 Å². The summed E-state index contributed by atoms with van der Waals surface area (Å²) in [6, 6.07) is 22.1. The van der Waals surface area contributed by atoms with E-state index < -0.39 is 15.9 Å². The molecule has 1 amide bonds. The summed E-state index contributed by atoms with van der Waals surface area (Å²) in [4.78, 5) is 30.9. The molecule has 38 heavy (non-hydrogen) atoms. The lowest BCUT2D eigenvalue weighted by Gasteiger charge is -2.14. The SMILES string of the molecule is CCCc1nc2sncc2c(=O)n1Cc1ccc(-c2ccccc2S(=O)(=O)NC(=O)c2ccccc2)cc1. The van der Waals surface area contributed by atoms with E-state index in [1.54, 1.807) is 59.3 Å². The average molecular weight is 545 g/mol. The Balaban J connectivity index is 1.44. The molecule has 10 heteroatoms. The fourth-order valence-electron chi connectivity index (χ4n) is 4.22. The molecule has 0 radical (unpaired) electrons. The Kier molecular flexibility index (Phi) is 7.17. The maximum atomic E-state index is 13.2. The number of carbonyl (C=O) groups excluding carboxylic acids is 1. The first kappa shape index (κ1) is 25.5. The minimum atomic E-state index is -4.14. The van der Waals surface area contributed by atoms with Crippen molar-refractivity contribution in [3.8, 4) is 11.1 Å². The molecule has 0 bridgehead atoms. The molecule has 5 rings (SSSR count). The number of aryl methyl sites for hydroxylation is 1. The van der Waals surface area contributed by atoms with Gasteiger partial charge in [0, 0.05) is 17.5 Å². The van der Waals surface area contributed by atoms with E-state index in [1.165, 1.54) is 17.6 Å². The predicted molar refractivity (Wildman–Crippen MR) is 148 cm³/mol. The predicted octanol–water partition coefficient (Wildman–Crippen LogP) is 4.64. The van der Waals surface area contributed by atoms with E-state index in [4.69, 9.17) is 0 Å². The van der Waals surface area contributed by atoms with Crippen LogP contribution in [0, 0.1) is 0 Å². The molecule has 0 aliphatic rings. The smallest absolute Gasteiger partial charge is 0.264 e. The van der Waals surface area contributed by atoms with Gasteiger partial charge in [-0.3, -0.25) is 14.2 Å². The quantitative estimate of drug-likeness (QED) is 0.305. The molecule has 0 spiro atoms. The monoisotopic (exact) mass is 544 g/mol. The van der Waals surface area contributed by atoms with Gasteiger partial charge in [-0.1, -0.05) is 67.6 Å². The van der Waals surface area contributed by atoms with Crippen LogP contribution in [0.25, 0.3) is 21.3 Å². The van der Waals surface area contributed by atoms with Gasteiger partial charge in [0.2, 0.25) is 0 Å². The molecule has 2 heterocycles. The second-order valence-electron chi connectivity index (χ2n) is 8.71. The number of benzene rings is 3. The van der Waals surface area contributed by atoms with E-state index in [9.17, 15) is 18.0 Å². The Morgan fingerprint density at radius 3 is 2.42 bits per heavy atom. The van der Waals surface area contributed by atoms with Crippen LogP contribution in [0.3, 0.4) is 0 Å². The lowest BCUT2D eigenvalue weighted by Crippen LogP contribution is -2.30. The minimum Gasteiger partial charge on any atom is -0.292 e. The highest BCUT2D eigenvalue weighted by atomic mass is 32.2. The van der Waals surface area contributed by atoms with Crippen LogP contribution >= 0.6 is 11.5 Å². The van der Waals surface area contributed by atoms with Gasteiger partial charge in [0.25, 0.3) is 21.5 Å². The summed E-state index contributed by atoms with van der Waals surface area (Å²) in [5.41, 5.74) is 2.13. The number of rotatable bonds is 8. The Bertz CT molecular complexity index is 1780. The Morgan fingerprint density at radius 1 is 0.974 bits per heavy atom. The van der Waals surface area contributed by atoms with Crippen molar-refractivity contribution in [1.82, 2.24) is 18.6 Å². The zero-order valence-corrected chi connectivity index (χ0v) is 22.1. The van der Waals surface area contributed by atoms with Crippen LogP contribution < -0.4 is 10.3 Å². The molecule has 0 unspecified atom stereocenters. The number of nitrogens with one attached hydrogen (secondary N) is 1. The van der Waals surface area contributed by atoms with Gasteiger partial charge >= 0.3 is 0 Å². The van der Waals surface area contributed by atoms with Crippen LogP contribution in [0.4, 0.5) is 0 Å². The van der Waals surface area contributed by atoms with Crippen LogP contribution in [0.15, 0.2) is 94.7 Å². The van der Waals surface area contributed by atoms with Crippen LogP contribution in [0.1, 0.15) is 35.1 Å². The number of hydrogen-bond acceptors (Lipinski definition) is 7. The number of amides is 1. The van der Waals surface area contributed by atoms with E-state index in [0.29, 0.717) is 40.1 Å². The number of sulfonamides is 1. The standard InChI is InChI=1S/C28H24N4O4S2/c1-2-8-25-30-27-23(17-29-37-27)28(34)32(25)18-19-13-15-20(16-14-19)22-11-6-7-12-24(22)38(35,36)31-26(33)21-9-4-3-5-10-21/h3-7,9-17H,2,8,18H2,1H3,(H,31,33). The van der Waals surface area contributed by atoms with Crippen molar-refractivity contribution in [2.45, 2.75) is 31.2 Å². The van der Waals surface area contributed by atoms with Crippen molar-refractivity contribution in [1.29, 1.82) is 0 Å². The Hall–Kier alpha value is -4.15. The fraction of sp³-hybridized carbons (Fsp3) is 0.143. The second kappa shape index (κ2) is 10.7. The first-order valence-corrected chi connectivity index (χ1v) is 14.3. The molecule has 0 aliphatic heterocycles. The highest BCUT2D eigenvalue weighted by Gasteiger charge is 2.22. The van der Waals surface area contributed by atoms with Crippen LogP contribution in [-0.4, -0.2) is 28.2 Å². The molecule has 192 valence electrons. The van der Waals surface area contributed by atoms with Gasteiger partial charge in [-0.15, -0.1) is 0 Å². The van der Waals surface area contributed by atoms with Gasteiger partial charge in [0.05, 0.1) is 23.0 Å². The molecule has 0 aliphatic carbocycles. The molecule has 0 saturated carbocycles. The summed E-state index contributed by atoms with van der Waals surface area (Å²) in [5.74, 6) is 0.0133. The van der Waals surface area contributed by atoms with Crippen LogP contribution in [0.5, 0.6) is 0 Å². The maximum Gasteiger partial charge on any atom is 0.264 e. The average Bonchev–Trinajstić information content (AvgIpc) is 3.41. The molecule has 2 aromatic heterocycles. The van der Waals surface area contributed by atoms with Crippen molar-refractivity contribution >= 4 is 37.7 Å². The van der Waals surface area contributed by atoms with Crippen molar-refractivity contribution in [3.05, 3.63) is 112 Å². The number of hydrogen-bond donors (Lipinski definition) is 1. The highest BCUT2D eigenvalue weighted by Crippen LogP contribution is 2.28.